The highest BCUT2D eigenvalue weighted by Gasteiger charge is 2.25. The van der Waals surface area contributed by atoms with Crippen molar-refractivity contribution in [2.45, 2.75) is 18.9 Å². The maximum atomic E-state index is 5.78. The highest BCUT2D eigenvalue weighted by molar-refractivity contribution is 5.49. The first kappa shape index (κ1) is 12.0. The van der Waals surface area contributed by atoms with Crippen LogP contribution in [0.5, 0.6) is 11.8 Å². The number of nitrogens with two attached hydrogens (primary N) is 1. The maximum Gasteiger partial charge on any atom is 0.240 e. The van der Waals surface area contributed by atoms with Gasteiger partial charge in [0.2, 0.25) is 11.8 Å². The zero-order chi connectivity index (χ0) is 12.3. The van der Waals surface area contributed by atoms with Crippen LogP contribution in [-0.2, 0) is 0 Å². The van der Waals surface area contributed by atoms with E-state index in [1.165, 1.54) is 12.8 Å². The molecule has 2 rings (SSSR count). The predicted octanol–water partition coefficient (Wildman–Crippen LogP) is 1.15. The van der Waals surface area contributed by atoms with Crippen molar-refractivity contribution < 1.29 is 9.47 Å². The third kappa shape index (κ3) is 3.23. The Balaban J connectivity index is 1.84. The molecule has 1 heterocycles. The average molecular weight is 237 g/mol. The van der Waals surface area contributed by atoms with Gasteiger partial charge in [-0.3, -0.25) is 0 Å². The lowest BCUT2D eigenvalue weighted by Crippen LogP contribution is -2.26. The quantitative estimate of drug-likeness (QED) is 0.804. The number of ether oxygens (including phenoxy) is 2. The third-order valence-corrected chi connectivity index (χ3v) is 2.93. The van der Waals surface area contributed by atoms with Gasteiger partial charge in [0.25, 0.3) is 0 Å². The molecule has 1 aliphatic rings. The van der Waals surface area contributed by atoms with E-state index in [0.717, 1.165) is 12.6 Å². The van der Waals surface area contributed by atoms with Crippen LogP contribution in [-0.4, -0.2) is 43.2 Å². The van der Waals surface area contributed by atoms with Crippen LogP contribution in [0.1, 0.15) is 12.8 Å². The summed E-state index contributed by atoms with van der Waals surface area (Å²) in [5, 5.41) is 0. The molecule has 94 valence electrons. The van der Waals surface area contributed by atoms with E-state index in [1.54, 1.807) is 19.2 Å². The largest absolute Gasteiger partial charge is 0.481 e. The summed E-state index contributed by atoms with van der Waals surface area (Å²) in [7, 11) is 3.69. The number of hydrogen-bond acceptors (Lipinski definition) is 5. The van der Waals surface area contributed by atoms with Crippen LogP contribution in [0.4, 0.5) is 5.69 Å². The number of aromatic nitrogens is 1. The van der Waals surface area contributed by atoms with Gasteiger partial charge in [-0.25, -0.2) is 0 Å². The predicted molar refractivity (Wildman–Crippen MR) is 66.3 cm³/mol. The standard InChI is InChI=1S/C12H19N3O2/c1-15(9-3-4-9)7-8-17-12-10(13)5-6-11(14-12)16-2/h5-6,9H,3-4,7-8,13H2,1-2H3. The number of methoxy groups -OCH3 is 1. The highest BCUT2D eigenvalue weighted by Crippen LogP contribution is 2.25. The molecule has 17 heavy (non-hydrogen) atoms. The summed E-state index contributed by atoms with van der Waals surface area (Å²) in [6.45, 7) is 1.49. The Hall–Kier alpha value is -1.49. The van der Waals surface area contributed by atoms with Gasteiger partial charge in [-0.1, -0.05) is 0 Å². The molecule has 0 aromatic carbocycles. The Kier molecular flexibility index (Phi) is 3.68. The van der Waals surface area contributed by atoms with E-state index in [9.17, 15) is 0 Å². The van der Waals surface area contributed by atoms with Gasteiger partial charge < -0.3 is 20.1 Å². The first-order chi connectivity index (χ1) is 8.20. The van der Waals surface area contributed by atoms with Crippen LogP contribution in [0.15, 0.2) is 12.1 Å². The minimum Gasteiger partial charge on any atom is -0.481 e. The molecule has 5 nitrogen and oxygen atoms in total. The summed E-state index contributed by atoms with van der Waals surface area (Å²) in [5.74, 6) is 0.971. The summed E-state index contributed by atoms with van der Waals surface area (Å²) in [5.41, 5.74) is 6.32. The molecule has 1 aliphatic carbocycles. The lowest BCUT2D eigenvalue weighted by atomic mass is 10.4. The molecule has 0 spiro atoms. The summed E-state index contributed by atoms with van der Waals surface area (Å²) >= 11 is 0. The molecule has 1 fully saturated rings. The molecule has 5 heteroatoms. The van der Waals surface area contributed by atoms with E-state index in [4.69, 9.17) is 15.2 Å². The Morgan fingerprint density at radius 3 is 2.88 bits per heavy atom. The van der Waals surface area contributed by atoms with E-state index >= 15 is 0 Å². The van der Waals surface area contributed by atoms with Gasteiger partial charge in [0.15, 0.2) is 0 Å². The fraction of sp³-hybridized carbons (Fsp3) is 0.583. The van der Waals surface area contributed by atoms with Gasteiger partial charge in [-0.2, -0.15) is 4.98 Å². The van der Waals surface area contributed by atoms with Crippen LogP contribution in [0, 0.1) is 0 Å². The molecule has 0 radical (unpaired) electrons. The van der Waals surface area contributed by atoms with Gasteiger partial charge >= 0.3 is 0 Å². The Morgan fingerprint density at radius 2 is 2.24 bits per heavy atom. The molecule has 0 aliphatic heterocycles. The maximum absolute atomic E-state index is 5.78. The highest BCUT2D eigenvalue weighted by atomic mass is 16.5. The molecule has 0 amide bonds. The van der Waals surface area contributed by atoms with E-state index in [1.807, 2.05) is 0 Å². The Morgan fingerprint density at radius 1 is 1.47 bits per heavy atom. The minimum absolute atomic E-state index is 0.452. The van der Waals surface area contributed by atoms with Crippen molar-refractivity contribution in [3.63, 3.8) is 0 Å². The molecule has 0 atom stereocenters. The van der Waals surface area contributed by atoms with Crippen LogP contribution in [0.3, 0.4) is 0 Å². The SMILES string of the molecule is COc1ccc(N)c(OCCN(C)C2CC2)n1. The molecule has 1 aromatic rings. The first-order valence-corrected chi connectivity index (χ1v) is 5.84. The average Bonchev–Trinajstić information content (AvgIpc) is 3.15. The summed E-state index contributed by atoms with van der Waals surface area (Å²) in [6, 6.07) is 4.21. The Labute approximate surface area is 102 Å². The topological polar surface area (TPSA) is 60.6 Å². The van der Waals surface area contributed by atoms with Crippen molar-refractivity contribution in [2.75, 3.05) is 33.0 Å². The zero-order valence-electron chi connectivity index (χ0n) is 10.3. The molecular formula is C12H19N3O2. The van der Waals surface area contributed by atoms with E-state index in [2.05, 4.69) is 16.9 Å². The molecule has 2 N–H and O–H groups in total. The van der Waals surface area contributed by atoms with Crippen molar-refractivity contribution in [1.29, 1.82) is 0 Å². The van der Waals surface area contributed by atoms with Crippen molar-refractivity contribution in [3.8, 4) is 11.8 Å². The van der Waals surface area contributed by atoms with Crippen LogP contribution < -0.4 is 15.2 Å². The molecular weight excluding hydrogens is 218 g/mol. The second kappa shape index (κ2) is 5.23. The van der Waals surface area contributed by atoms with Crippen molar-refractivity contribution in [1.82, 2.24) is 9.88 Å². The van der Waals surface area contributed by atoms with Crippen molar-refractivity contribution in [3.05, 3.63) is 12.1 Å². The normalized spacial score (nSPS) is 15.0. The molecule has 1 aromatic heterocycles. The number of nitrogen functional groups attached to an aromatic ring is 1. The number of hydrogen-bond donors (Lipinski definition) is 1. The number of rotatable bonds is 6. The van der Waals surface area contributed by atoms with Crippen LogP contribution in [0.25, 0.3) is 0 Å². The van der Waals surface area contributed by atoms with Crippen LogP contribution >= 0.6 is 0 Å². The van der Waals surface area contributed by atoms with Crippen molar-refractivity contribution >= 4 is 5.69 Å². The second-order valence-corrected chi connectivity index (χ2v) is 4.31. The molecule has 1 saturated carbocycles. The number of nitrogens with zero attached hydrogens (tertiary/aromatic N) is 2. The summed E-state index contributed by atoms with van der Waals surface area (Å²) < 4.78 is 10.6. The van der Waals surface area contributed by atoms with Gasteiger partial charge in [-0.15, -0.1) is 0 Å². The number of likely N-dealkylation sites (N-methyl/N-ethyl adjacent to an activating group) is 1. The fourth-order valence-electron chi connectivity index (χ4n) is 1.65. The monoisotopic (exact) mass is 237 g/mol. The third-order valence-electron chi connectivity index (χ3n) is 2.93. The lowest BCUT2D eigenvalue weighted by Gasteiger charge is -2.16. The van der Waals surface area contributed by atoms with Gasteiger partial charge in [0, 0.05) is 18.7 Å². The smallest absolute Gasteiger partial charge is 0.240 e. The van der Waals surface area contributed by atoms with E-state index in [-0.39, 0.29) is 0 Å². The Bertz CT molecular complexity index is 380. The molecule has 0 saturated heterocycles. The van der Waals surface area contributed by atoms with E-state index in [0.29, 0.717) is 24.1 Å². The summed E-state index contributed by atoms with van der Waals surface area (Å²) in [6.07, 6.45) is 2.60. The minimum atomic E-state index is 0.452. The van der Waals surface area contributed by atoms with Gasteiger partial charge in [0.1, 0.15) is 6.61 Å². The van der Waals surface area contributed by atoms with Gasteiger partial charge in [-0.05, 0) is 26.0 Å². The zero-order valence-corrected chi connectivity index (χ0v) is 10.3. The lowest BCUT2D eigenvalue weighted by molar-refractivity contribution is 0.225. The van der Waals surface area contributed by atoms with Gasteiger partial charge in [0.05, 0.1) is 12.8 Å². The van der Waals surface area contributed by atoms with E-state index < -0.39 is 0 Å². The molecule has 0 unspecified atom stereocenters. The van der Waals surface area contributed by atoms with Crippen molar-refractivity contribution in [2.24, 2.45) is 0 Å². The fourth-order valence-corrected chi connectivity index (χ4v) is 1.65. The number of pyridine rings is 1. The van der Waals surface area contributed by atoms with Crippen LogP contribution in [0.2, 0.25) is 0 Å². The first-order valence-electron chi connectivity index (χ1n) is 5.84. The summed E-state index contributed by atoms with van der Waals surface area (Å²) in [4.78, 5) is 6.46. The molecule has 0 bridgehead atoms. The number of anilines is 1. The second-order valence-electron chi connectivity index (χ2n) is 4.31.